The van der Waals surface area contributed by atoms with Gasteiger partial charge in [-0.15, -0.1) is 0 Å². The van der Waals surface area contributed by atoms with Crippen LogP contribution >= 0.6 is 7.82 Å². The highest BCUT2D eigenvalue weighted by molar-refractivity contribution is 7.47. The molecule has 1 amide bonds. The first-order chi connectivity index (χ1) is 37.5. The molecule has 9 heteroatoms. The van der Waals surface area contributed by atoms with Gasteiger partial charge in [-0.3, -0.25) is 13.8 Å². The van der Waals surface area contributed by atoms with Crippen LogP contribution in [-0.2, 0) is 18.4 Å². The van der Waals surface area contributed by atoms with E-state index in [1.165, 1.54) is 161 Å². The van der Waals surface area contributed by atoms with Gasteiger partial charge in [-0.25, -0.2) is 4.57 Å². The lowest BCUT2D eigenvalue weighted by Crippen LogP contribution is -2.45. The van der Waals surface area contributed by atoms with E-state index in [0.29, 0.717) is 17.4 Å². The van der Waals surface area contributed by atoms with Crippen molar-refractivity contribution in [1.82, 2.24) is 5.32 Å². The van der Waals surface area contributed by atoms with Gasteiger partial charge in [-0.2, -0.15) is 0 Å². The highest BCUT2D eigenvalue weighted by Crippen LogP contribution is 2.43. The maximum absolute atomic E-state index is 13.0. The number of quaternary nitrogens is 1. The van der Waals surface area contributed by atoms with Gasteiger partial charge in [0.15, 0.2) is 0 Å². The number of phosphoric ester groups is 1. The molecular formula is C68H124N2O6P+. The predicted octanol–water partition coefficient (Wildman–Crippen LogP) is 20.2. The van der Waals surface area contributed by atoms with Crippen LogP contribution in [-0.4, -0.2) is 73.4 Å². The van der Waals surface area contributed by atoms with Crippen LogP contribution in [0.15, 0.2) is 97.2 Å². The van der Waals surface area contributed by atoms with Gasteiger partial charge in [0, 0.05) is 6.42 Å². The molecule has 0 aliphatic rings. The minimum Gasteiger partial charge on any atom is -0.387 e. The molecule has 0 radical (unpaired) electrons. The number of likely N-dealkylation sites (N-methyl/N-ethyl adjacent to an activating group) is 1. The molecule has 0 aliphatic carbocycles. The first kappa shape index (κ1) is 74.4. The number of carbonyl (C=O) groups is 1. The van der Waals surface area contributed by atoms with Crippen molar-refractivity contribution in [2.75, 3.05) is 40.9 Å². The molecule has 0 aromatic carbocycles. The number of hydrogen-bond acceptors (Lipinski definition) is 5. The molecule has 0 saturated carbocycles. The van der Waals surface area contributed by atoms with Crippen molar-refractivity contribution in [3.63, 3.8) is 0 Å². The van der Waals surface area contributed by atoms with Crippen LogP contribution in [0, 0.1) is 0 Å². The van der Waals surface area contributed by atoms with Crippen molar-refractivity contribution in [1.29, 1.82) is 0 Å². The number of allylic oxidation sites excluding steroid dienone is 15. The van der Waals surface area contributed by atoms with Gasteiger partial charge in [0.05, 0.1) is 39.9 Å². The van der Waals surface area contributed by atoms with Gasteiger partial charge >= 0.3 is 7.82 Å². The Kier molecular flexibility index (Phi) is 56.1. The van der Waals surface area contributed by atoms with Crippen LogP contribution < -0.4 is 5.32 Å². The highest BCUT2D eigenvalue weighted by atomic mass is 31.2. The summed E-state index contributed by atoms with van der Waals surface area (Å²) in [5, 5.41) is 14.0. The molecule has 0 fully saturated rings. The molecule has 0 saturated heterocycles. The summed E-state index contributed by atoms with van der Waals surface area (Å²) < 4.78 is 23.8. The fourth-order valence-electron chi connectivity index (χ4n) is 9.08. The first-order valence-corrected chi connectivity index (χ1v) is 33.6. The standard InChI is InChI=1S/C68H123N2O6P/c1-6-8-10-12-14-16-18-20-22-24-26-28-30-32-34-35-36-38-40-42-44-46-48-50-52-54-56-58-60-62-68(72)69-66(65-76-77(73,74)75-64-63-70(3,4)5)67(71)61-59-57-55-53-51-49-47-45-43-41-39-37-33-31-29-27-25-23-21-19-17-15-13-11-9-7-2/h8,10,14,16,20,22,26,28,32,34,36,38,42,44,59,61,66-67,71H,6-7,9,11-13,15,17-19,21,23-25,27,29-31,33,35,37,39-41,43,45-58,60,62-65H2,1-5H3,(H-,69,72,73,74)/p+1/b10-8-,16-14-,22-20-,28-26-,34-32-,38-36-,44-42-,61-59+. The summed E-state index contributed by atoms with van der Waals surface area (Å²) in [5.74, 6) is -0.189. The van der Waals surface area contributed by atoms with E-state index in [-0.39, 0.29) is 19.1 Å². The van der Waals surface area contributed by atoms with Crippen LogP contribution in [0.5, 0.6) is 0 Å². The van der Waals surface area contributed by atoms with Crippen molar-refractivity contribution in [2.45, 2.75) is 289 Å². The van der Waals surface area contributed by atoms with Gasteiger partial charge in [0.25, 0.3) is 0 Å². The maximum Gasteiger partial charge on any atom is 0.472 e. The number of aliphatic hydroxyl groups is 1. The third-order valence-corrected chi connectivity index (χ3v) is 15.0. The summed E-state index contributed by atoms with van der Waals surface area (Å²) in [6.45, 7) is 4.71. The second kappa shape index (κ2) is 58.1. The summed E-state index contributed by atoms with van der Waals surface area (Å²) in [7, 11) is 1.56. The van der Waals surface area contributed by atoms with Crippen molar-refractivity contribution >= 4 is 13.7 Å². The molecule has 446 valence electrons. The maximum atomic E-state index is 13.0. The van der Waals surface area contributed by atoms with Gasteiger partial charge < -0.3 is 19.8 Å². The van der Waals surface area contributed by atoms with Crippen LogP contribution in [0.25, 0.3) is 0 Å². The molecule has 0 heterocycles. The lowest BCUT2D eigenvalue weighted by Gasteiger charge is -2.25. The molecule has 3 N–H and O–H groups in total. The Balaban J connectivity index is 4.21. The minimum absolute atomic E-state index is 0.0547. The number of unbranched alkanes of at least 4 members (excludes halogenated alkanes) is 31. The highest BCUT2D eigenvalue weighted by Gasteiger charge is 2.27. The molecule has 0 aromatic rings. The Morgan fingerprint density at radius 2 is 0.779 bits per heavy atom. The van der Waals surface area contributed by atoms with E-state index in [1.807, 2.05) is 27.2 Å². The Labute approximate surface area is 477 Å². The molecule has 0 rings (SSSR count). The first-order valence-electron chi connectivity index (χ1n) is 32.1. The molecule has 3 atom stereocenters. The number of nitrogens with zero attached hydrogens (tertiary/aromatic N) is 1. The van der Waals surface area contributed by atoms with E-state index in [0.717, 1.165) is 96.3 Å². The van der Waals surface area contributed by atoms with E-state index in [2.05, 4.69) is 104 Å². The zero-order chi connectivity index (χ0) is 56.3. The van der Waals surface area contributed by atoms with E-state index >= 15 is 0 Å². The normalized spacial score (nSPS) is 14.4. The number of carbonyl (C=O) groups excluding carboxylic acids is 1. The number of hydrogen-bond donors (Lipinski definition) is 3. The quantitative estimate of drug-likeness (QED) is 0.0243. The average molecular weight is 1100 g/mol. The largest absolute Gasteiger partial charge is 0.472 e. The van der Waals surface area contributed by atoms with E-state index in [9.17, 15) is 19.4 Å². The second-order valence-electron chi connectivity index (χ2n) is 22.8. The van der Waals surface area contributed by atoms with Gasteiger partial charge in [-0.1, -0.05) is 291 Å². The molecular weight excluding hydrogens is 972 g/mol. The number of amides is 1. The fourth-order valence-corrected chi connectivity index (χ4v) is 9.82. The van der Waals surface area contributed by atoms with Gasteiger partial charge in [-0.05, 0) is 77.0 Å². The second-order valence-corrected chi connectivity index (χ2v) is 24.2. The molecule has 3 unspecified atom stereocenters. The lowest BCUT2D eigenvalue weighted by molar-refractivity contribution is -0.870. The van der Waals surface area contributed by atoms with Crippen LogP contribution in [0.1, 0.15) is 277 Å². The van der Waals surface area contributed by atoms with E-state index in [4.69, 9.17) is 9.05 Å². The molecule has 0 aromatic heterocycles. The predicted molar refractivity (Wildman–Crippen MR) is 336 cm³/mol. The van der Waals surface area contributed by atoms with E-state index in [1.54, 1.807) is 6.08 Å². The van der Waals surface area contributed by atoms with Crippen LogP contribution in [0.4, 0.5) is 0 Å². The summed E-state index contributed by atoms with van der Waals surface area (Å²) in [4.78, 5) is 23.4. The zero-order valence-corrected chi connectivity index (χ0v) is 51.8. The average Bonchev–Trinajstić information content (AvgIpc) is 3.39. The summed E-state index contributed by atoms with van der Waals surface area (Å²) in [6, 6.07) is -0.861. The Bertz CT molecular complexity index is 1570. The molecule has 0 bridgehead atoms. The number of rotatable bonds is 58. The van der Waals surface area contributed by atoms with Gasteiger partial charge in [0.2, 0.25) is 5.91 Å². The molecule has 0 aliphatic heterocycles. The van der Waals surface area contributed by atoms with Crippen molar-refractivity contribution in [3.05, 3.63) is 97.2 Å². The topological polar surface area (TPSA) is 105 Å². The minimum atomic E-state index is -4.36. The molecule has 77 heavy (non-hydrogen) atoms. The van der Waals surface area contributed by atoms with Crippen LogP contribution in [0.3, 0.4) is 0 Å². The van der Waals surface area contributed by atoms with Crippen molar-refractivity contribution < 1.29 is 32.9 Å². The summed E-state index contributed by atoms with van der Waals surface area (Å²) in [5.41, 5.74) is 0. The van der Waals surface area contributed by atoms with Crippen molar-refractivity contribution in [2.24, 2.45) is 0 Å². The van der Waals surface area contributed by atoms with Gasteiger partial charge in [0.1, 0.15) is 13.2 Å². The smallest absolute Gasteiger partial charge is 0.387 e. The Morgan fingerprint density at radius 3 is 1.14 bits per heavy atom. The fraction of sp³-hybridized carbons (Fsp3) is 0.750. The zero-order valence-electron chi connectivity index (χ0n) is 50.9. The number of aliphatic hydroxyl groups excluding tert-OH is 1. The molecule has 0 spiro atoms. The summed E-state index contributed by atoms with van der Waals surface area (Å²) in [6.07, 6.45) is 83.8. The van der Waals surface area contributed by atoms with E-state index < -0.39 is 20.0 Å². The Hall–Kier alpha value is -2.58. The SMILES string of the molecule is CC/C=C\C/C=C\C/C=C\C/C=C\C/C=C\C/C=C\C/C=C\CCCCCCCCCC(=O)NC(COP(=O)(O)OCC[N+](C)(C)C)C(O)/C=C/CCCCCCCCCCCCCCCCCCCCCCCCCC. The number of nitrogens with one attached hydrogen (secondary N) is 1. The third-order valence-electron chi connectivity index (χ3n) is 14.1. The lowest BCUT2D eigenvalue weighted by atomic mass is 10.0. The monoisotopic (exact) mass is 1100 g/mol. The Morgan fingerprint density at radius 1 is 0.455 bits per heavy atom. The van der Waals surface area contributed by atoms with Crippen LogP contribution in [0.2, 0.25) is 0 Å². The van der Waals surface area contributed by atoms with Crippen molar-refractivity contribution in [3.8, 4) is 0 Å². The summed E-state index contributed by atoms with van der Waals surface area (Å²) >= 11 is 0. The number of phosphoric acid groups is 1. The third kappa shape index (κ3) is 60.9. The molecule has 8 nitrogen and oxygen atoms in total.